The second-order valence-electron chi connectivity index (χ2n) is 19.5. The van der Waals surface area contributed by atoms with E-state index in [4.69, 9.17) is 14.6 Å². The van der Waals surface area contributed by atoms with Crippen LogP contribution in [0.15, 0.2) is 48.5 Å². The number of halogens is 8. The molecule has 2 aliphatic carbocycles. The van der Waals surface area contributed by atoms with Gasteiger partial charge in [0, 0.05) is 67.6 Å². The van der Waals surface area contributed by atoms with E-state index in [1.807, 2.05) is 6.92 Å². The van der Waals surface area contributed by atoms with Gasteiger partial charge in [0.25, 0.3) is 11.8 Å². The lowest BCUT2D eigenvalue weighted by molar-refractivity contribution is -0.144. The molecule has 19 nitrogen and oxygen atoms in total. The number of carbonyl (C=O) groups is 8. The van der Waals surface area contributed by atoms with Crippen LogP contribution in [0.5, 0.6) is 0 Å². The number of likely N-dealkylation sites (tertiary alicyclic amines) is 1. The minimum Gasteiger partial charge on any atom is -0.480 e. The highest BCUT2D eigenvalue weighted by Gasteiger charge is 2.61. The number of hydrogen-bond donors (Lipinski definition) is 6. The Bertz CT molecular complexity index is 3180. The van der Waals surface area contributed by atoms with E-state index in [0.717, 1.165) is 49.2 Å². The first-order valence-electron chi connectivity index (χ1n) is 24.6. The van der Waals surface area contributed by atoms with Crippen LogP contribution in [-0.4, -0.2) is 107 Å². The maximum atomic E-state index is 15.2. The summed E-state index contributed by atoms with van der Waals surface area (Å²) >= 11 is 0. The Morgan fingerprint density at radius 2 is 1.04 bits per heavy atom. The van der Waals surface area contributed by atoms with Crippen molar-refractivity contribution in [3.63, 3.8) is 0 Å². The molecule has 0 unspecified atom stereocenters. The summed E-state index contributed by atoms with van der Waals surface area (Å²) < 4.78 is 120. The van der Waals surface area contributed by atoms with E-state index in [9.17, 15) is 69.1 Å². The molecule has 4 heterocycles. The molecule has 4 aromatic rings. The lowest BCUT2D eigenvalue weighted by atomic mass is 9.94. The van der Waals surface area contributed by atoms with Gasteiger partial charge in [-0.2, -0.15) is 0 Å². The topological polar surface area (TPSA) is 245 Å². The van der Waals surface area contributed by atoms with Crippen molar-refractivity contribution in [3.8, 4) is 0 Å². The molecule has 4 saturated heterocycles. The third kappa shape index (κ3) is 11.8. The molecule has 0 aromatic heterocycles. The molecule has 0 saturated carbocycles. The highest BCUT2D eigenvalue weighted by molar-refractivity contribution is 6.07. The van der Waals surface area contributed by atoms with Crippen LogP contribution in [0.4, 0.5) is 65.7 Å². The first kappa shape index (κ1) is 61.8. The molecule has 9 amide bonds. The molecular weight excluding hydrogens is 1090 g/mol. The number of carbonyl (C=O) groups excluding carboxylic acids is 7. The van der Waals surface area contributed by atoms with Crippen molar-refractivity contribution >= 4 is 59.3 Å². The maximum Gasteiger partial charge on any atom is 0.418 e. The number of nitrogens with zero attached hydrogens (tertiary/aromatic N) is 3. The maximum absolute atomic E-state index is 15.2. The van der Waals surface area contributed by atoms with Crippen LogP contribution < -0.4 is 26.6 Å². The molecule has 10 rings (SSSR count). The third-order valence-electron chi connectivity index (χ3n) is 14.5. The van der Waals surface area contributed by atoms with Gasteiger partial charge in [-0.15, -0.1) is 0 Å². The highest BCUT2D eigenvalue weighted by Crippen LogP contribution is 2.49. The van der Waals surface area contributed by atoms with E-state index >= 15 is 4.39 Å². The van der Waals surface area contributed by atoms with E-state index in [-0.39, 0.29) is 74.6 Å². The molecule has 4 aromatic carbocycles. The van der Waals surface area contributed by atoms with E-state index in [1.54, 1.807) is 6.92 Å². The Morgan fingerprint density at radius 1 is 0.605 bits per heavy atom. The lowest BCUT2D eigenvalue weighted by Crippen LogP contribution is -2.46. The summed E-state index contributed by atoms with van der Waals surface area (Å²) in [5.41, 5.74) is -2.40. The van der Waals surface area contributed by atoms with Gasteiger partial charge in [-0.1, -0.05) is 14.9 Å². The predicted octanol–water partition coefficient (Wildman–Crippen LogP) is 8.84. The molecule has 4 aliphatic heterocycles. The number of rotatable bonds is 8. The first-order valence-corrected chi connectivity index (χ1v) is 24.6. The smallest absolute Gasteiger partial charge is 0.418 e. The molecule has 2 spiro atoms. The van der Waals surface area contributed by atoms with E-state index in [0.29, 0.717) is 45.4 Å². The minimum atomic E-state index is -1.96. The fourth-order valence-corrected chi connectivity index (χ4v) is 10.8. The number of nitrogens with one attached hydrogen (secondary N) is 5. The van der Waals surface area contributed by atoms with Gasteiger partial charge in [0.05, 0.1) is 6.04 Å². The average Bonchev–Trinajstić information content (AvgIpc) is 4.08. The molecule has 0 radical (unpaired) electrons. The molecule has 27 heteroatoms. The monoisotopic (exact) mass is 1150 g/mol. The average molecular weight is 1150 g/mol. The number of hydrogen-bond acceptors (Lipinski definition) is 11. The van der Waals surface area contributed by atoms with E-state index in [2.05, 4.69) is 26.6 Å². The zero-order chi connectivity index (χ0) is 57.6. The normalized spacial score (nSPS) is 22.8. The van der Waals surface area contributed by atoms with Crippen molar-refractivity contribution in [2.24, 2.45) is 0 Å². The van der Waals surface area contributed by atoms with Gasteiger partial charge >= 0.3 is 30.2 Å². The standard InChI is InChI=1S/C26H24F4N4O5.C15H14FN3O6.C11H12F3N.2CH4/c1-12-3-4-19(14-8-17(28)22(30)18(29)9-14)34(12)20(35)11-33-23(36)26(39-25(33)38)6-5-13-7-15(32-24(37)31-2)10-16(27)21(13)26;1-17-13(23)18-8-4-7-2-3-15(11(7)9(16)5-8)12(22)19(6-10(20)21)14(24)25-15;1-6-2-3-10(15-6)7-4-8(12)11(14)9(13)5-7;;/h7-10,12,19H,3-6,11H2,1-2H3,(H2,31,32,37);4-5H,2-3,6H2,1H3,(H,20,21)(H2,17,18,23);4-6,10,15H,2-3H2,1H3;2*1H4/t12-,19-,26-;15-;6-,10-;;/m000../s1. The second-order valence-corrected chi connectivity index (χ2v) is 19.5. The Balaban J connectivity index is 0.000000215. The number of carboxylic acid groups (broad SMARTS) is 1. The zero-order valence-electron chi connectivity index (χ0n) is 42.4. The van der Waals surface area contributed by atoms with Gasteiger partial charge in [-0.05, 0) is 123 Å². The van der Waals surface area contributed by atoms with Gasteiger partial charge in [-0.25, -0.2) is 64.1 Å². The number of benzene rings is 4. The van der Waals surface area contributed by atoms with Gasteiger partial charge < -0.3 is 46.1 Å². The van der Waals surface area contributed by atoms with E-state index in [1.165, 1.54) is 31.1 Å². The van der Waals surface area contributed by atoms with Crippen LogP contribution in [0.25, 0.3) is 0 Å². The Hall–Kier alpha value is -8.36. The summed E-state index contributed by atoms with van der Waals surface area (Å²) in [6.45, 7) is 2.12. The molecular formula is C54H58F8N8O11. The van der Waals surface area contributed by atoms with Crippen LogP contribution >= 0.6 is 0 Å². The molecule has 436 valence electrons. The van der Waals surface area contributed by atoms with Crippen LogP contribution in [0.1, 0.15) is 113 Å². The number of carboxylic acids is 1. The second kappa shape index (κ2) is 24.2. The summed E-state index contributed by atoms with van der Waals surface area (Å²) in [7, 11) is 2.80. The molecule has 0 bridgehead atoms. The lowest BCUT2D eigenvalue weighted by Gasteiger charge is -2.30. The molecule has 4 fully saturated rings. The zero-order valence-corrected chi connectivity index (χ0v) is 42.4. The summed E-state index contributed by atoms with van der Waals surface area (Å²) in [5.74, 6) is -13.6. The van der Waals surface area contributed by atoms with Crippen molar-refractivity contribution in [1.29, 1.82) is 0 Å². The number of imide groups is 2. The van der Waals surface area contributed by atoms with Gasteiger partial charge in [0.1, 0.15) is 24.7 Å². The van der Waals surface area contributed by atoms with Crippen molar-refractivity contribution in [3.05, 3.63) is 128 Å². The minimum absolute atomic E-state index is 0. The van der Waals surface area contributed by atoms with E-state index < -0.39 is 131 Å². The van der Waals surface area contributed by atoms with Crippen LogP contribution in [0, 0.1) is 46.5 Å². The van der Waals surface area contributed by atoms with Gasteiger partial charge in [0.2, 0.25) is 17.1 Å². The number of ether oxygens (including phenoxy) is 2. The summed E-state index contributed by atoms with van der Waals surface area (Å²) in [6, 6.07) is 6.70. The number of fused-ring (bicyclic) bond motifs is 4. The fraction of sp³-hybridized carbons (Fsp3) is 0.407. The number of urea groups is 2. The van der Waals surface area contributed by atoms with Crippen molar-refractivity contribution in [2.45, 2.75) is 115 Å². The SMILES string of the molecule is C.C.CNC(=O)Nc1cc(F)c2c(c1)CC[C@]21OC(=O)N(CC(=O)N2[C@@H](C)CC[C@H]2c2cc(F)c(F)c(F)c2)C1=O.CNC(=O)Nc1cc(F)c2c(c1)CC[C@]21OC(=O)N(CC(=O)O)C1=O.C[C@H]1CC[C@@H](c2cc(F)c(F)c(F)c2)N1. The molecule has 6 N–H and O–H groups in total. The number of aliphatic carboxylic acids is 1. The van der Waals surface area contributed by atoms with Crippen LogP contribution in [-0.2, 0) is 52.7 Å². The third-order valence-corrected chi connectivity index (χ3v) is 14.5. The van der Waals surface area contributed by atoms with Crippen molar-refractivity contribution < 1.29 is 88.1 Å². The Labute approximate surface area is 458 Å². The predicted molar refractivity (Wildman–Crippen MR) is 272 cm³/mol. The number of anilines is 2. The summed E-state index contributed by atoms with van der Waals surface area (Å²) in [4.78, 5) is 100. The largest absolute Gasteiger partial charge is 0.480 e. The van der Waals surface area contributed by atoms with Gasteiger partial charge in [0.15, 0.2) is 34.9 Å². The number of amides is 9. The highest BCUT2D eigenvalue weighted by atomic mass is 19.2. The van der Waals surface area contributed by atoms with Crippen molar-refractivity contribution in [2.75, 3.05) is 37.8 Å². The molecule has 81 heavy (non-hydrogen) atoms. The quantitative estimate of drug-likeness (QED) is 0.0716. The fourth-order valence-electron chi connectivity index (χ4n) is 10.8. The van der Waals surface area contributed by atoms with Crippen LogP contribution in [0.2, 0.25) is 0 Å². The van der Waals surface area contributed by atoms with Gasteiger partial charge in [-0.3, -0.25) is 19.2 Å². The Morgan fingerprint density at radius 3 is 1.44 bits per heavy atom. The summed E-state index contributed by atoms with van der Waals surface area (Å²) in [6.07, 6.45) is 0.672. The molecule has 6 atom stereocenters. The van der Waals surface area contributed by atoms with Crippen LogP contribution in [0.3, 0.4) is 0 Å². The Kier molecular flexibility index (Phi) is 18.4. The first-order chi connectivity index (χ1) is 37.3. The summed E-state index contributed by atoms with van der Waals surface area (Å²) in [5, 5.41) is 21.5. The van der Waals surface area contributed by atoms with Crippen molar-refractivity contribution in [1.82, 2.24) is 30.7 Å². The molecule has 6 aliphatic rings. The number of aryl methyl sites for hydroxylation is 2.